The van der Waals surface area contributed by atoms with Crippen molar-refractivity contribution < 1.29 is 9.18 Å². The zero-order valence-electron chi connectivity index (χ0n) is 18.9. The van der Waals surface area contributed by atoms with E-state index in [1.54, 1.807) is 27.4 Å². The molecular weight excluding hydrogens is 449 g/mol. The standard InChI is InChI=1S/C25H22FN7O2/c1-16-3-2-4-17(11-16)14-32-15-28-23-20(25(32)35)13-29-33(23)10-9-27-24(34)22-12-21(30-31-22)18-5-7-19(26)8-6-18/h2-8,11-13,15H,9-10,14H2,1H3,(H,27,34)(H,30,31). The van der Waals surface area contributed by atoms with E-state index in [1.807, 2.05) is 31.2 Å². The first-order valence-electron chi connectivity index (χ1n) is 11.0. The first-order chi connectivity index (χ1) is 17.0. The van der Waals surface area contributed by atoms with Gasteiger partial charge in [-0.1, -0.05) is 29.8 Å². The van der Waals surface area contributed by atoms with Crippen molar-refractivity contribution in [2.45, 2.75) is 20.0 Å². The molecule has 0 aliphatic heterocycles. The third-order valence-corrected chi connectivity index (χ3v) is 5.63. The zero-order chi connectivity index (χ0) is 24.4. The number of fused-ring (bicyclic) bond motifs is 1. The zero-order valence-corrected chi connectivity index (χ0v) is 18.9. The van der Waals surface area contributed by atoms with Crippen LogP contribution in [0.5, 0.6) is 0 Å². The lowest BCUT2D eigenvalue weighted by Crippen LogP contribution is -2.28. The molecular formula is C25H22FN7O2. The number of carbonyl (C=O) groups is 1. The van der Waals surface area contributed by atoms with Crippen LogP contribution in [0, 0.1) is 12.7 Å². The molecule has 0 aliphatic carbocycles. The van der Waals surface area contributed by atoms with Gasteiger partial charge in [-0.3, -0.25) is 19.3 Å². The third-order valence-electron chi connectivity index (χ3n) is 5.63. The van der Waals surface area contributed by atoms with E-state index in [1.165, 1.54) is 24.7 Å². The molecule has 10 heteroatoms. The maximum atomic E-state index is 13.1. The fraction of sp³-hybridized carbons (Fsp3) is 0.160. The summed E-state index contributed by atoms with van der Waals surface area (Å²) in [7, 11) is 0. The number of aromatic nitrogens is 6. The average Bonchev–Trinajstić information content (AvgIpc) is 3.50. The van der Waals surface area contributed by atoms with Gasteiger partial charge in [0.1, 0.15) is 23.2 Å². The van der Waals surface area contributed by atoms with Gasteiger partial charge in [0.15, 0.2) is 5.65 Å². The topological polar surface area (TPSA) is 110 Å². The normalized spacial score (nSPS) is 11.1. The molecule has 5 aromatic rings. The van der Waals surface area contributed by atoms with Crippen LogP contribution in [0.25, 0.3) is 22.3 Å². The van der Waals surface area contributed by atoms with Gasteiger partial charge in [0.2, 0.25) is 0 Å². The van der Waals surface area contributed by atoms with Crippen molar-refractivity contribution in [3.05, 3.63) is 100 Å². The Hall–Kier alpha value is -4.60. The van der Waals surface area contributed by atoms with Crippen LogP contribution in [0.2, 0.25) is 0 Å². The molecule has 5 rings (SSSR count). The Morgan fingerprint density at radius 1 is 1.14 bits per heavy atom. The minimum atomic E-state index is -0.340. The lowest BCUT2D eigenvalue weighted by atomic mass is 10.1. The van der Waals surface area contributed by atoms with Crippen LogP contribution in [0.15, 0.2) is 71.9 Å². The SMILES string of the molecule is Cc1cccc(Cn2cnc3c(cnn3CCNC(=O)c3cc(-c4ccc(F)cc4)n[nH]3)c2=O)c1. The predicted octanol–water partition coefficient (Wildman–Crippen LogP) is 2.91. The highest BCUT2D eigenvalue weighted by atomic mass is 19.1. The second kappa shape index (κ2) is 9.34. The van der Waals surface area contributed by atoms with Crippen LogP contribution in [-0.4, -0.2) is 42.0 Å². The Labute approximate surface area is 199 Å². The maximum Gasteiger partial charge on any atom is 0.269 e. The van der Waals surface area contributed by atoms with Gasteiger partial charge in [-0.05, 0) is 42.8 Å². The van der Waals surface area contributed by atoms with Crippen LogP contribution in [0.4, 0.5) is 4.39 Å². The van der Waals surface area contributed by atoms with Crippen LogP contribution in [0.1, 0.15) is 21.6 Å². The minimum Gasteiger partial charge on any atom is -0.349 e. The summed E-state index contributed by atoms with van der Waals surface area (Å²) in [6, 6.07) is 15.4. The van der Waals surface area contributed by atoms with Gasteiger partial charge in [-0.25, -0.2) is 14.1 Å². The van der Waals surface area contributed by atoms with E-state index >= 15 is 0 Å². The van der Waals surface area contributed by atoms with E-state index in [0.29, 0.717) is 35.4 Å². The molecule has 176 valence electrons. The second-order valence-corrected chi connectivity index (χ2v) is 8.20. The molecule has 0 aliphatic rings. The Morgan fingerprint density at radius 2 is 1.97 bits per heavy atom. The van der Waals surface area contributed by atoms with Crippen molar-refractivity contribution in [2.24, 2.45) is 0 Å². The molecule has 0 bridgehead atoms. The van der Waals surface area contributed by atoms with Crippen LogP contribution >= 0.6 is 0 Å². The summed E-state index contributed by atoms with van der Waals surface area (Å²) in [4.78, 5) is 29.8. The largest absolute Gasteiger partial charge is 0.349 e. The first kappa shape index (κ1) is 22.2. The molecule has 1 amide bonds. The number of hydrogen-bond donors (Lipinski definition) is 2. The van der Waals surface area contributed by atoms with Gasteiger partial charge < -0.3 is 5.32 Å². The van der Waals surface area contributed by atoms with Crippen molar-refractivity contribution in [3.8, 4) is 11.3 Å². The van der Waals surface area contributed by atoms with Crippen molar-refractivity contribution in [1.82, 2.24) is 34.8 Å². The molecule has 2 N–H and O–H groups in total. The Kier molecular flexibility index (Phi) is 5.92. The quantitative estimate of drug-likeness (QED) is 0.379. The molecule has 0 unspecified atom stereocenters. The minimum absolute atomic E-state index is 0.169. The summed E-state index contributed by atoms with van der Waals surface area (Å²) in [5.74, 6) is -0.677. The average molecular weight is 471 g/mol. The highest BCUT2D eigenvalue weighted by Crippen LogP contribution is 2.18. The molecule has 0 saturated carbocycles. The monoisotopic (exact) mass is 471 g/mol. The van der Waals surface area contributed by atoms with Gasteiger partial charge in [-0.15, -0.1) is 0 Å². The number of carbonyl (C=O) groups excluding carboxylic acids is 1. The molecule has 0 radical (unpaired) electrons. The Morgan fingerprint density at radius 3 is 2.77 bits per heavy atom. The van der Waals surface area contributed by atoms with Crippen LogP contribution in [-0.2, 0) is 13.1 Å². The van der Waals surface area contributed by atoms with Gasteiger partial charge in [-0.2, -0.15) is 10.2 Å². The number of H-pyrrole nitrogens is 1. The number of halogens is 1. The molecule has 0 fully saturated rings. The molecule has 35 heavy (non-hydrogen) atoms. The molecule has 3 aromatic heterocycles. The molecule has 9 nitrogen and oxygen atoms in total. The summed E-state index contributed by atoms with van der Waals surface area (Å²) in [6.45, 7) is 3.04. The molecule has 0 spiro atoms. The van der Waals surface area contributed by atoms with Gasteiger partial charge >= 0.3 is 0 Å². The number of nitrogens with one attached hydrogen (secondary N) is 2. The van der Waals surface area contributed by atoms with E-state index < -0.39 is 0 Å². The van der Waals surface area contributed by atoms with Crippen molar-refractivity contribution in [1.29, 1.82) is 0 Å². The predicted molar refractivity (Wildman–Crippen MR) is 128 cm³/mol. The number of benzene rings is 2. The lowest BCUT2D eigenvalue weighted by molar-refractivity contribution is 0.0947. The molecule has 2 aromatic carbocycles. The van der Waals surface area contributed by atoms with Crippen molar-refractivity contribution >= 4 is 16.9 Å². The van der Waals surface area contributed by atoms with E-state index in [9.17, 15) is 14.0 Å². The highest BCUT2D eigenvalue weighted by Gasteiger charge is 2.13. The highest BCUT2D eigenvalue weighted by molar-refractivity contribution is 5.93. The third kappa shape index (κ3) is 4.72. The fourth-order valence-electron chi connectivity index (χ4n) is 3.86. The smallest absolute Gasteiger partial charge is 0.269 e. The molecule has 0 saturated heterocycles. The van der Waals surface area contributed by atoms with Gasteiger partial charge in [0.05, 0.1) is 25.0 Å². The van der Waals surface area contributed by atoms with Crippen molar-refractivity contribution in [3.63, 3.8) is 0 Å². The number of hydrogen-bond acceptors (Lipinski definition) is 5. The van der Waals surface area contributed by atoms with Crippen LogP contribution < -0.4 is 10.9 Å². The summed E-state index contributed by atoms with van der Waals surface area (Å²) in [6.07, 6.45) is 3.02. The number of nitrogens with zero attached hydrogens (tertiary/aromatic N) is 5. The van der Waals surface area contributed by atoms with E-state index in [-0.39, 0.29) is 29.5 Å². The number of rotatable bonds is 7. The lowest BCUT2D eigenvalue weighted by Gasteiger charge is -2.07. The number of aryl methyl sites for hydroxylation is 1. The summed E-state index contributed by atoms with van der Waals surface area (Å²) in [5.41, 5.74) is 3.96. The summed E-state index contributed by atoms with van der Waals surface area (Å²) in [5, 5.41) is 14.3. The fourth-order valence-corrected chi connectivity index (χ4v) is 3.86. The molecule has 0 atom stereocenters. The number of amides is 1. The Bertz CT molecular complexity index is 1570. The van der Waals surface area contributed by atoms with E-state index in [4.69, 9.17) is 0 Å². The summed E-state index contributed by atoms with van der Waals surface area (Å²) >= 11 is 0. The Balaban J connectivity index is 1.23. The van der Waals surface area contributed by atoms with Crippen LogP contribution in [0.3, 0.4) is 0 Å². The van der Waals surface area contributed by atoms with E-state index in [2.05, 4.69) is 25.6 Å². The van der Waals surface area contributed by atoms with E-state index in [0.717, 1.165) is 11.1 Å². The summed E-state index contributed by atoms with van der Waals surface area (Å²) < 4.78 is 16.3. The first-order valence-corrected chi connectivity index (χ1v) is 11.0. The number of aromatic amines is 1. The maximum absolute atomic E-state index is 13.1. The van der Waals surface area contributed by atoms with Gasteiger partial charge in [0.25, 0.3) is 11.5 Å². The van der Waals surface area contributed by atoms with Crippen molar-refractivity contribution in [2.75, 3.05) is 6.54 Å². The second-order valence-electron chi connectivity index (χ2n) is 8.20. The molecule has 3 heterocycles. The van der Waals surface area contributed by atoms with Gasteiger partial charge in [0, 0.05) is 12.1 Å².